The molecule has 0 aromatic rings. The molecular formula is C11H22O2Sn. The second-order valence-electron chi connectivity index (χ2n) is 3.43. The summed E-state index contributed by atoms with van der Waals surface area (Å²) >= 11 is -0.226. The minimum atomic E-state index is -0.226. The number of esters is 1. The van der Waals surface area contributed by atoms with E-state index < -0.39 is 0 Å². The SMILES string of the molecule is CCCCOC(=O)C[CH2][Sn][CH2]CCC. The first-order chi connectivity index (χ1) is 6.81. The Kier molecular flexibility index (Phi) is 11.6. The molecule has 0 spiro atoms. The van der Waals surface area contributed by atoms with Crippen molar-refractivity contribution in [2.45, 2.75) is 54.8 Å². The molecule has 3 heteroatoms. The van der Waals surface area contributed by atoms with E-state index in [1.165, 1.54) is 17.3 Å². The second-order valence-corrected chi connectivity index (χ2v) is 7.71. The molecular weight excluding hydrogens is 283 g/mol. The molecule has 0 fully saturated rings. The fourth-order valence-electron chi connectivity index (χ4n) is 1.02. The Hall–Kier alpha value is 0.269. The van der Waals surface area contributed by atoms with Crippen molar-refractivity contribution in [2.24, 2.45) is 0 Å². The Balaban J connectivity index is 3.10. The van der Waals surface area contributed by atoms with Crippen LogP contribution in [0.1, 0.15) is 46.0 Å². The number of carbonyl (C=O) groups excluding carboxylic acids is 1. The molecule has 82 valence electrons. The van der Waals surface area contributed by atoms with Gasteiger partial charge in [-0.15, -0.1) is 0 Å². The molecule has 0 aliphatic rings. The summed E-state index contributed by atoms with van der Waals surface area (Å²) in [5.74, 6) is 0.0239. The van der Waals surface area contributed by atoms with Crippen LogP contribution in [-0.2, 0) is 9.53 Å². The van der Waals surface area contributed by atoms with Gasteiger partial charge in [-0.05, 0) is 0 Å². The molecule has 0 heterocycles. The van der Waals surface area contributed by atoms with Gasteiger partial charge < -0.3 is 0 Å². The Morgan fingerprint density at radius 2 is 1.86 bits per heavy atom. The van der Waals surface area contributed by atoms with E-state index in [1.54, 1.807) is 0 Å². The van der Waals surface area contributed by atoms with E-state index in [1.807, 2.05) is 0 Å². The maximum absolute atomic E-state index is 11.2. The molecule has 2 nitrogen and oxygen atoms in total. The molecule has 0 N–H and O–H groups in total. The van der Waals surface area contributed by atoms with Gasteiger partial charge in [0.1, 0.15) is 0 Å². The molecule has 0 atom stereocenters. The number of unbranched alkanes of at least 4 members (excludes halogenated alkanes) is 2. The second kappa shape index (κ2) is 11.3. The fourth-order valence-corrected chi connectivity index (χ4v) is 4.54. The zero-order valence-electron chi connectivity index (χ0n) is 9.47. The van der Waals surface area contributed by atoms with Crippen LogP contribution in [0.5, 0.6) is 0 Å². The Bertz CT molecular complexity index is 137. The Morgan fingerprint density at radius 3 is 2.50 bits per heavy atom. The van der Waals surface area contributed by atoms with Crippen LogP contribution in [0, 0.1) is 0 Å². The summed E-state index contributed by atoms with van der Waals surface area (Å²) in [6.07, 6.45) is 5.43. The monoisotopic (exact) mass is 306 g/mol. The molecule has 0 amide bonds. The summed E-state index contributed by atoms with van der Waals surface area (Å²) < 4.78 is 7.66. The molecule has 0 saturated heterocycles. The average molecular weight is 305 g/mol. The van der Waals surface area contributed by atoms with Crippen molar-refractivity contribution in [3.63, 3.8) is 0 Å². The van der Waals surface area contributed by atoms with E-state index in [2.05, 4.69) is 13.8 Å². The minimum absolute atomic E-state index is 0.0239. The van der Waals surface area contributed by atoms with E-state index in [-0.39, 0.29) is 27.1 Å². The molecule has 2 radical (unpaired) electrons. The number of carbonyl (C=O) groups is 1. The van der Waals surface area contributed by atoms with Gasteiger partial charge in [-0.2, -0.15) is 0 Å². The summed E-state index contributed by atoms with van der Waals surface area (Å²) in [7, 11) is 0. The molecule has 0 aliphatic heterocycles. The van der Waals surface area contributed by atoms with Gasteiger partial charge in [0.05, 0.1) is 0 Å². The number of hydrogen-bond acceptors (Lipinski definition) is 2. The van der Waals surface area contributed by atoms with Crippen molar-refractivity contribution in [3.05, 3.63) is 0 Å². The summed E-state index contributed by atoms with van der Waals surface area (Å²) in [4.78, 5) is 11.2. The molecule has 0 bridgehead atoms. The van der Waals surface area contributed by atoms with Gasteiger partial charge in [0.2, 0.25) is 0 Å². The predicted molar refractivity (Wildman–Crippen MR) is 60.8 cm³/mol. The van der Waals surface area contributed by atoms with E-state index in [0.29, 0.717) is 13.0 Å². The first-order valence-corrected chi connectivity index (χ1v) is 9.71. The van der Waals surface area contributed by atoms with Crippen molar-refractivity contribution in [3.8, 4) is 0 Å². The van der Waals surface area contributed by atoms with Crippen molar-refractivity contribution < 1.29 is 9.53 Å². The van der Waals surface area contributed by atoms with E-state index in [4.69, 9.17) is 4.74 Å². The van der Waals surface area contributed by atoms with Gasteiger partial charge in [0.25, 0.3) is 0 Å². The average Bonchev–Trinajstić information content (AvgIpc) is 2.18. The van der Waals surface area contributed by atoms with Crippen LogP contribution in [0.2, 0.25) is 8.87 Å². The predicted octanol–water partition coefficient (Wildman–Crippen LogP) is 3.06. The van der Waals surface area contributed by atoms with E-state index in [9.17, 15) is 4.79 Å². The van der Waals surface area contributed by atoms with E-state index in [0.717, 1.165) is 17.3 Å². The van der Waals surface area contributed by atoms with Crippen LogP contribution in [0.15, 0.2) is 0 Å². The zero-order chi connectivity index (χ0) is 10.6. The summed E-state index contributed by atoms with van der Waals surface area (Å²) in [6, 6.07) is 0. The van der Waals surface area contributed by atoms with Gasteiger partial charge in [-0.25, -0.2) is 0 Å². The number of hydrogen-bond donors (Lipinski definition) is 0. The van der Waals surface area contributed by atoms with Crippen LogP contribution in [-0.4, -0.2) is 33.7 Å². The van der Waals surface area contributed by atoms with Crippen LogP contribution < -0.4 is 0 Å². The van der Waals surface area contributed by atoms with Crippen molar-refractivity contribution in [1.82, 2.24) is 0 Å². The maximum atomic E-state index is 11.2. The molecule has 0 rings (SSSR count). The molecule has 0 aromatic heterocycles. The number of rotatable bonds is 9. The normalized spacial score (nSPS) is 10.1. The Labute approximate surface area is 98.0 Å². The Morgan fingerprint density at radius 1 is 1.14 bits per heavy atom. The van der Waals surface area contributed by atoms with Crippen molar-refractivity contribution in [2.75, 3.05) is 6.61 Å². The standard InChI is InChI=1S/C7H13O2.C4H9.Sn/c1-3-5-6-9-7(8)4-2;1-3-4-2;/h2-6H2,1H3;1,3-4H2,2H3;. The fraction of sp³-hybridized carbons (Fsp3) is 0.909. The van der Waals surface area contributed by atoms with Gasteiger partial charge in [0.15, 0.2) is 0 Å². The topological polar surface area (TPSA) is 26.3 Å². The third-order valence-corrected chi connectivity index (χ3v) is 5.71. The molecule has 0 unspecified atom stereocenters. The van der Waals surface area contributed by atoms with Crippen LogP contribution in [0.4, 0.5) is 0 Å². The van der Waals surface area contributed by atoms with Crippen LogP contribution in [0.25, 0.3) is 0 Å². The van der Waals surface area contributed by atoms with Crippen molar-refractivity contribution in [1.29, 1.82) is 0 Å². The van der Waals surface area contributed by atoms with Gasteiger partial charge in [0, 0.05) is 0 Å². The molecule has 0 aliphatic carbocycles. The molecule has 0 saturated carbocycles. The first kappa shape index (κ1) is 14.3. The van der Waals surface area contributed by atoms with Gasteiger partial charge in [-0.3, -0.25) is 0 Å². The third-order valence-electron chi connectivity index (χ3n) is 1.97. The van der Waals surface area contributed by atoms with Crippen molar-refractivity contribution >= 4 is 27.1 Å². The van der Waals surface area contributed by atoms with E-state index >= 15 is 0 Å². The quantitative estimate of drug-likeness (QED) is 0.372. The molecule has 0 aromatic carbocycles. The van der Waals surface area contributed by atoms with Gasteiger partial charge >= 0.3 is 98.1 Å². The van der Waals surface area contributed by atoms with Crippen LogP contribution >= 0.6 is 0 Å². The number of ether oxygens (including phenoxy) is 1. The summed E-state index contributed by atoms with van der Waals surface area (Å²) in [5.41, 5.74) is 0. The summed E-state index contributed by atoms with van der Waals surface area (Å²) in [5, 5.41) is 0. The third kappa shape index (κ3) is 10.4. The summed E-state index contributed by atoms with van der Waals surface area (Å²) in [6.45, 7) is 4.95. The van der Waals surface area contributed by atoms with Crippen LogP contribution in [0.3, 0.4) is 0 Å². The van der Waals surface area contributed by atoms with Gasteiger partial charge in [-0.1, -0.05) is 0 Å². The zero-order valence-corrected chi connectivity index (χ0v) is 12.3. The first-order valence-electron chi connectivity index (χ1n) is 5.67. The molecule has 14 heavy (non-hydrogen) atoms.